The third-order valence-corrected chi connectivity index (χ3v) is 4.44. The number of hydrogen-bond acceptors (Lipinski definition) is 2. The van der Waals surface area contributed by atoms with Crippen LogP contribution in [0, 0.1) is 17.7 Å². The third-order valence-electron chi connectivity index (χ3n) is 4.21. The van der Waals surface area contributed by atoms with E-state index in [0.29, 0.717) is 22.9 Å². The SMILES string of the molecule is CC1CCCC(C(Cc2cc(Cl)ccc2F)NN)C1. The lowest BCUT2D eigenvalue weighted by atomic mass is 9.77. The van der Waals surface area contributed by atoms with Crippen LogP contribution in [-0.4, -0.2) is 6.04 Å². The molecule has 3 N–H and O–H groups in total. The van der Waals surface area contributed by atoms with Gasteiger partial charge in [-0.3, -0.25) is 11.3 Å². The molecule has 2 nitrogen and oxygen atoms in total. The number of rotatable bonds is 4. The van der Waals surface area contributed by atoms with E-state index in [9.17, 15) is 4.39 Å². The van der Waals surface area contributed by atoms with Gasteiger partial charge in [0.25, 0.3) is 0 Å². The summed E-state index contributed by atoms with van der Waals surface area (Å²) >= 11 is 5.93. The molecule has 0 saturated heterocycles. The van der Waals surface area contributed by atoms with E-state index in [-0.39, 0.29) is 11.9 Å². The summed E-state index contributed by atoms with van der Waals surface area (Å²) < 4.78 is 13.8. The van der Waals surface area contributed by atoms with Crippen molar-refractivity contribution >= 4 is 11.6 Å². The Morgan fingerprint density at radius 2 is 2.26 bits per heavy atom. The Bertz CT molecular complexity index is 425. The minimum atomic E-state index is -0.200. The first-order chi connectivity index (χ1) is 9.10. The largest absolute Gasteiger partial charge is 0.271 e. The molecule has 2 rings (SSSR count). The van der Waals surface area contributed by atoms with Crippen LogP contribution in [0.3, 0.4) is 0 Å². The molecule has 3 atom stereocenters. The normalized spacial score (nSPS) is 25.3. The molecule has 3 unspecified atom stereocenters. The van der Waals surface area contributed by atoms with Gasteiger partial charge in [0.05, 0.1) is 0 Å². The molecule has 1 aliphatic rings. The second kappa shape index (κ2) is 6.69. The molecule has 1 aliphatic carbocycles. The summed E-state index contributed by atoms with van der Waals surface area (Å²) in [4.78, 5) is 0. The number of hydrazine groups is 1. The first-order valence-electron chi connectivity index (χ1n) is 7.00. The van der Waals surface area contributed by atoms with Gasteiger partial charge in [-0.15, -0.1) is 0 Å². The Morgan fingerprint density at radius 1 is 1.47 bits per heavy atom. The monoisotopic (exact) mass is 284 g/mol. The molecule has 0 spiro atoms. The van der Waals surface area contributed by atoms with Gasteiger partial charge < -0.3 is 0 Å². The molecule has 1 fully saturated rings. The molecule has 0 heterocycles. The number of halogens is 2. The zero-order chi connectivity index (χ0) is 13.8. The van der Waals surface area contributed by atoms with Crippen LogP contribution in [0.1, 0.15) is 38.2 Å². The van der Waals surface area contributed by atoms with Crippen molar-refractivity contribution < 1.29 is 4.39 Å². The zero-order valence-corrected chi connectivity index (χ0v) is 12.1. The summed E-state index contributed by atoms with van der Waals surface area (Å²) in [7, 11) is 0. The van der Waals surface area contributed by atoms with Crippen LogP contribution in [0.2, 0.25) is 5.02 Å². The summed E-state index contributed by atoms with van der Waals surface area (Å²) in [5.41, 5.74) is 3.52. The Balaban J connectivity index is 2.07. The first-order valence-corrected chi connectivity index (χ1v) is 7.38. The molecule has 0 amide bonds. The average molecular weight is 285 g/mol. The number of nitrogens with one attached hydrogen (secondary N) is 1. The van der Waals surface area contributed by atoms with Gasteiger partial charge in [0, 0.05) is 11.1 Å². The lowest BCUT2D eigenvalue weighted by Gasteiger charge is -2.33. The molecule has 0 bridgehead atoms. The fourth-order valence-corrected chi connectivity index (χ4v) is 3.34. The van der Waals surface area contributed by atoms with E-state index < -0.39 is 0 Å². The van der Waals surface area contributed by atoms with Crippen LogP contribution in [0.25, 0.3) is 0 Å². The van der Waals surface area contributed by atoms with E-state index >= 15 is 0 Å². The molecular weight excluding hydrogens is 263 g/mol. The quantitative estimate of drug-likeness (QED) is 0.654. The topological polar surface area (TPSA) is 38.0 Å². The van der Waals surface area contributed by atoms with Crippen molar-refractivity contribution in [1.82, 2.24) is 5.43 Å². The lowest BCUT2D eigenvalue weighted by molar-refractivity contribution is 0.221. The molecule has 106 valence electrons. The van der Waals surface area contributed by atoms with Crippen LogP contribution in [0.4, 0.5) is 4.39 Å². The van der Waals surface area contributed by atoms with Crippen LogP contribution < -0.4 is 11.3 Å². The van der Waals surface area contributed by atoms with Gasteiger partial charge in [0.1, 0.15) is 5.82 Å². The predicted molar refractivity (Wildman–Crippen MR) is 77.3 cm³/mol. The van der Waals surface area contributed by atoms with Crippen LogP contribution in [0.15, 0.2) is 18.2 Å². The Kier molecular flexibility index (Phi) is 5.20. The maximum Gasteiger partial charge on any atom is 0.126 e. The molecule has 0 aromatic heterocycles. The minimum Gasteiger partial charge on any atom is -0.271 e. The van der Waals surface area contributed by atoms with E-state index in [1.807, 2.05) is 0 Å². The van der Waals surface area contributed by atoms with Crippen molar-refractivity contribution in [2.75, 3.05) is 0 Å². The van der Waals surface area contributed by atoms with Gasteiger partial charge in [-0.1, -0.05) is 31.4 Å². The lowest BCUT2D eigenvalue weighted by Crippen LogP contribution is -2.44. The zero-order valence-electron chi connectivity index (χ0n) is 11.3. The van der Waals surface area contributed by atoms with E-state index in [0.717, 1.165) is 12.3 Å². The van der Waals surface area contributed by atoms with Crippen molar-refractivity contribution in [3.8, 4) is 0 Å². The fraction of sp³-hybridized carbons (Fsp3) is 0.600. The highest BCUT2D eigenvalue weighted by Gasteiger charge is 2.26. The first kappa shape index (κ1) is 14.8. The number of hydrogen-bond donors (Lipinski definition) is 2. The smallest absolute Gasteiger partial charge is 0.126 e. The summed E-state index contributed by atoms with van der Waals surface area (Å²) in [5, 5.41) is 0.573. The van der Waals surface area contributed by atoms with Crippen molar-refractivity contribution in [2.45, 2.75) is 45.1 Å². The van der Waals surface area contributed by atoms with Crippen molar-refractivity contribution in [3.05, 3.63) is 34.6 Å². The minimum absolute atomic E-state index is 0.121. The Hall–Kier alpha value is -0.640. The van der Waals surface area contributed by atoms with Gasteiger partial charge in [-0.05, 0) is 54.9 Å². The van der Waals surface area contributed by atoms with E-state index in [4.69, 9.17) is 17.4 Å². The second-order valence-electron chi connectivity index (χ2n) is 5.74. The Morgan fingerprint density at radius 3 is 2.95 bits per heavy atom. The summed E-state index contributed by atoms with van der Waals surface area (Å²) in [6.07, 6.45) is 5.46. The summed E-state index contributed by atoms with van der Waals surface area (Å²) in [5.74, 6) is 6.73. The maximum absolute atomic E-state index is 13.8. The molecule has 1 aromatic rings. The molecular formula is C15H22ClFN2. The Labute approximate surface area is 119 Å². The van der Waals surface area contributed by atoms with Crippen LogP contribution in [-0.2, 0) is 6.42 Å². The van der Waals surface area contributed by atoms with E-state index in [2.05, 4.69) is 12.3 Å². The summed E-state index contributed by atoms with van der Waals surface area (Å²) in [6, 6.07) is 4.83. The fourth-order valence-electron chi connectivity index (χ4n) is 3.14. The molecule has 0 radical (unpaired) electrons. The second-order valence-corrected chi connectivity index (χ2v) is 6.18. The van der Waals surface area contributed by atoms with E-state index in [1.165, 1.54) is 25.3 Å². The predicted octanol–water partition coefficient (Wildman–Crippen LogP) is 3.68. The van der Waals surface area contributed by atoms with Gasteiger partial charge in [-0.2, -0.15) is 0 Å². The van der Waals surface area contributed by atoms with Gasteiger partial charge >= 0.3 is 0 Å². The average Bonchev–Trinajstić information content (AvgIpc) is 2.39. The van der Waals surface area contributed by atoms with Crippen molar-refractivity contribution in [3.63, 3.8) is 0 Å². The van der Waals surface area contributed by atoms with Crippen molar-refractivity contribution in [2.24, 2.45) is 17.7 Å². The molecule has 0 aliphatic heterocycles. The molecule has 4 heteroatoms. The number of benzene rings is 1. The number of nitrogens with two attached hydrogens (primary N) is 1. The van der Waals surface area contributed by atoms with Gasteiger partial charge in [0.2, 0.25) is 0 Å². The van der Waals surface area contributed by atoms with Gasteiger partial charge in [-0.25, -0.2) is 4.39 Å². The van der Waals surface area contributed by atoms with Crippen molar-refractivity contribution in [1.29, 1.82) is 0 Å². The van der Waals surface area contributed by atoms with Crippen LogP contribution >= 0.6 is 11.6 Å². The molecule has 19 heavy (non-hydrogen) atoms. The highest BCUT2D eigenvalue weighted by Crippen LogP contribution is 2.32. The summed E-state index contributed by atoms with van der Waals surface area (Å²) in [6.45, 7) is 2.28. The van der Waals surface area contributed by atoms with E-state index in [1.54, 1.807) is 12.1 Å². The molecule has 1 aromatic carbocycles. The third kappa shape index (κ3) is 3.91. The maximum atomic E-state index is 13.8. The van der Waals surface area contributed by atoms with Gasteiger partial charge in [0.15, 0.2) is 0 Å². The van der Waals surface area contributed by atoms with Crippen LogP contribution in [0.5, 0.6) is 0 Å². The highest BCUT2D eigenvalue weighted by molar-refractivity contribution is 6.30. The standard InChI is InChI=1S/C15H22ClFN2/c1-10-3-2-4-11(7-10)15(19-18)9-12-8-13(16)5-6-14(12)17/h5-6,8,10-11,15,19H,2-4,7,9,18H2,1H3. The molecule has 1 saturated carbocycles. The highest BCUT2D eigenvalue weighted by atomic mass is 35.5.